The molecule has 0 radical (unpaired) electrons. The third-order valence-corrected chi connectivity index (χ3v) is 5.67. The van der Waals surface area contributed by atoms with E-state index in [0.717, 1.165) is 29.5 Å². The van der Waals surface area contributed by atoms with E-state index in [0.29, 0.717) is 26.0 Å². The fraction of sp³-hybridized carbons (Fsp3) is 0.600. The lowest BCUT2D eigenvalue weighted by molar-refractivity contribution is 0.0210. The number of fused-ring (bicyclic) bond motifs is 1. The standard InChI is InChI=1S/C15H23ClN4O2Si/c1-23(2,3)7-6-21-10-20-5-4-12-13(17-11-8-22-9-11)18-15(16)19-14(12)20/h4-5,11H,6-10H2,1-3H3,(H,17,18,19). The minimum Gasteiger partial charge on any atom is -0.377 e. The van der Waals surface area contributed by atoms with Gasteiger partial charge in [-0.3, -0.25) is 0 Å². The van der Waals surface area contributed by atoms with Crippen molar-refractivity contribution in [3.8, 4) is 0 Å². The zero-order valence-corrected chi connectivity index (χ0v) is 15.6. The number of anilines is 1. The van der Waals surface area contributed by atoms with Gasteiger partial charge in [0.1, 0.15) is 18.2 Å². The number of aromatic nitrogens is 3. The van der Waals surface area contributed by atoms with E-state index in [9.17, 15) is 0 Å². The van der Waals surface area contributed by atoms with Gasteiger partial charge in [0.05, 0.1) is 24.6 Å². The average Bonchev–Trinajstić information content (AvgIpc) is 2.81. The Labute approximate surface area is 142 Å². The molecule has 1 saturated heterocycles. The van der Waals surface area contributed by atoms with Gasteiger partial charge in [0.2, 0.25) is 5.28 Å². The highest BCUT2D eigenvalue weighted by Gasteiger charge is 2.21. The van der Waals surface area contributed by atoms with Crippen LogP contribution in [0, 0.1) is 0 Å². The zero-order chi connectivity index (χ0) is 16.4. The van der Waals surface area contributed by atoms with Crippen LogP contribution in [0.5, 0.6) is 0 Å². The Morgan fingerprint density at radius 1 is 1.39 bits per heavy atom. The molecule has 0 bridgehead atoms. The van der Waals surface area contributed by atoms with Gasteiger partial charge >= 0.3 is 0 Å². The number of rotatable bonds is 7. The van der Waals surface area contributed by atoms with Gasteiger partial charge in [-0.15, -0.1) is 0 Å². The van der Waals surface area contributed by atoms with E-state index in [1.165, 1.54) is 0 Å². The van der Waals surface area contributed by atoms with Gasteiger partial charge in [-0.05, 0) is 23.7 Å². The molecule has 1 aliphatic rings. The summed E-state index contributed by atoms with van der Waals surface area (Å²) in [7, 11) is -1.07. The summed E-state index contributed by atoms with van der Waals surface area (Å²) in [5, 5.41) is 4.55. The molecule has 1 fully saturated rings. The summed E-state index contributed by atoms with van der Waals surface area (Å²) in [6.07, 6.45) is 1.96. The molecular weight excluding hydrogens is 332 g/mol. The maximum atomic E-state index is 6.08. The van der Waals surface area contributed by atoms with Crippen LogP contribution in [0.2, 0.25) is 31.0 Å². The quantitative estimate of drug-likeness (QED) is 0.470. The van der Waals surface area contributed by atoms with Crippen LogP contribution in [0.4, 0.5) is 5.82 Å². The summed E-state index contributed by atoms with van der Waals surface area (Å²) in [5.41, 5.74) is 0.792. The molecule has 2 aromatic rings. The zero-order valence-electron chi connectivity index (χ0n) is 13.8. The topological polar surface area (TPSA) is 61.2 Å². The van der Waals surface area contributed by atoms with E-state index in [1.807, 2.05) is 16.8 Å². The first-order valence-electron chi connectivity index (χ1n) is 7.87. The molecule has 23 heavy (non-hydrogen) atoms. The van der Waals surface area contributed by atoms with Crippen molar-refractivity contribution in [2.24, 2.45) is 0 Å². The Morgan fingerprint density at radius 2 is 2.17 bits per heavy atom. The van der Waals surface area contributed by atoms with Gasteiger partial charge in [-0.2, -0.15) is 4.98 Å². The summed E-state index contributed by atoms with van der Waals surface area (Å²) >= 11 is 6.08. The molecule has 6 nitrogen and oxygen atoms in total. The van der Waals surface area contributed by atoms with Crippen LogP contribution >= 0.6 is 11.6 Å². The average molecular weight is 355 g/mol. The number of hydrogen-bond donors (Lipinski definition) is 1. The van der Waals surface area contributed by atoms with Crippen molar-refractivity contribution in [2.45, 2.75) is 38.5 Å². The lowest BCUT2D eigenvalue weighted by Gasteiger charge is -2.27. The highest BCUT2D eigenvalue weighted by Crippen LogP contribution is 2.25. The Bertz CT molecular complexity index is 682. The minimum atomic E-state index is -1.07. The number of nitrogens with zero attached hydrogens (tertiary/aromatic N) is 3. The Balaban J connectivity index is 1.71. The largest absolute Gasteiger partial charge is 0.377 e. The SMILES string of the molecule is C[Si](C)(C)CCOCn1ccc2c(NC3COC3)nc(Cl)nc21. The molecular formula is C15H23ClN4O2Si. The molecule has 0 spiro atoms. The lowest BCUT2D eigenvalue weighted by atomic mass is 10.2. The van der Waals surface area contributed by atoms with Crippen LogP contribution in [0.1, 0.15) is 0 Å². The maximum absolute atomic E-state index is 6.08. The second kappa shape index (κ2) is 6.76. The summed E-state index contributed by atoms with van der Waals surface area (Å²) < 4.78 is 13.0. The van der Waals surface area contributed by atoms with Crippen LogP contribution in [0.15, 0.2) is 12.3 Å². The molecule has 0 aliphatic carbocycles. The molecule has 0 atom stereocenters. The summed E-state index contributed by atoms with van der Waals surface area (Å²) in [6, 6.07) is 3.44. The van der Waals surface area contributed by atoms with Gasteiger partial charge in [0.25, 0.3) is 0 Å². The van der Waals surface area contributed by atoms with Gasteiger partial charge < -0.3 is 19.4 Å². The highest BCUT2D eigenvalue weighted by molar-refractivity contribution is 6.76. The Hall–Kier alpha value is -1.15. The normalized spacial score (nSPS) is 15.8. The minimum absolute atomic E-state index is 0.238. The van der Waals surface area contributed by atoms with E-state index < -0.39 is 8.07 Å². The van der Waals surface area contributed by atoms with Crippen molar-refractivity contribution in [3.63, 3.8) is 0 Å². The molecule has 0 unspecified atom stereocenters. The summed E-state index contributed by atoms with van der Waals surface area (Å²) in [5.74, 6) is 0.758. The smallest absolute Gasteiger partial charge is 0.226 e. The predicted octanol–water partition coefficient (Wildman–Crippen LogP) is 3.21. The molecule has 126 valence electrons. The number of halogens is 1. The molecule has 0 saturated carbocycles. The van der Waals surface area contributed by atoms with Crippen molar-refractivity contribution in [2.75, 3.05) is 25.1 Å². The van der Waals surface area contributed by atoms with Crippen LogP contribution in [0.25, 0.3) is 11.0 Å². The van der Waals surface area contributed by atoms with E-state index in [2.05, 4.69) is 34.9 Å². The van der Waals surface area contributed by atoms with E-state index in [-0.39, 0.29) is 5.28 Å². The molecule has 1 N–H and O–H groups in total. The molecule has 3 heterocycles. The van der Waals surface area contributed by atoms with Gasteiger partial charge in [0.15, 0.2) is 0 Å². The van der Waals surface area contributed by atoms with Crippen molar-refractivity contribution < 1.29 is 9.47 Å². The van der Waals surface area contributed by atoms with Crippen molar-refractivity contribution in [1.82, 2.24) is 14.5 Å². The van der Waals surface area contributed by atoms with E-state index in [4.69, 9.17) is 21.1 Å². The summed E-state index contributed by atoms with van der Waals surface area (Å²) in [4.78, 5) is 8.65. The Morgan fingerprint density at radius 3 is 2.83 bits per heavy atom. The van der Waals surface area contributed by atoms with Crippen LogP contribution in [-0.4, -0.2) is 48.5 Å². The van der Waals surface area contributed by atoms with Crippen LogP contribution in [-0.2, 0) is 16.2 Å². The summed E-state index contributed by atoms with van der Waals surface area (Å²) in [6.45, 7) is 9.68. The van der Waals surface area contributed by atoms with Gasteiger partial charge in [-0.25, -0.2) is 4.98 Å². The maximum Gasteiger partial charge on any atom is 0.226 e. The van der Waals surface area contributed by atoms with Crippen molar-refractivity contribution >= 4 is 36.5 Å². The fourth-order valence-corrected chi connectivity index (χ4v) is 3.23. The predicted molar refractivity (Wildman–Crippen MR) is 94.9 cm³/mol. The second-order valence-electron chi connectivity index (χ2n) is 7.09. The third-order valence-electron chi connectivity index (χ3n) is 3.80. The van der Waals surface area contributed by atoms with E-state index >= 15 is 0 Å². The highest BCUT2D eigenvalue weighted by atomic mass is 35.5. The first kappa shape index (κ1) is 16.7. The Kier molecular flexibility index (Phi) is 4.91. The number of ether oxygens (including phenoxy) is 2. The van der Waals surface area contributed by atoms with Crippen LogP contribution in [0.3, 0.4) is 0 Å². The van der Waals surface area contributed by atoms with Gasteiger partial charge in [-0.1, -0.05) is 19.6 Å². The molecule has 3 rings (SSSR count). The number of nitrogens with one attached hydrogen (secondary N) is 1. The first-order chi connectivity index (χ1) is 10.9. The van der Waals surface area contributed by atoms with Crippen LogP contribution < -0.4 is 5.32 Å². The lowest BCUT2D eigenvalue weighted by Crippen LogP contribution is -2.40. The molecule has 0 amide bonds. The monoisotopic (exact) mass is 354 g/mol. The first-order valence-corrected chi connectivity index (χ1v) is 12.0. The van der Waals surface area contributed by atoms with E-state index in [1.54, 1.807) is 0 Å². The fourth-order valence-electron chi connectivity index (χ4n) is 2.31. The van der Waals surface area contributed by atoms with Crippen molar-refractivity contribution in [1.29, 1.82) is 0 Å². The third kappa shape index (κ3) is 4.23. The van der Waals surface area contributed by atoms with Gasteiger partial charge in [0, 0.05) is 20.9 Å². The molecule has 8 heteroatoms. The molecule has 0 aromatic carbocycles. The molecule has 2 aromatic heterocycles. The van der Waals surface area contributed by atoms with Crippen molar-refractivity contribution in [3.05, 3.63) is 17.5 Å². The second-order valence-corrected chi connectivity index (χ2v) is 13.1. The molecule has 1 aliphatic heterocycles. The number of hydrogen-bond acceptors (Lipinski definition) is 5.